The summed E-state index contributed by atoms with van der Waals surface area (Å²) in [5, 5.41) is 2.61. The van der Waals surface area contributed by atoms with E-state index >= 15 is 0 Å². The second-order valence-electron chi connectivity index (χ2n) is 5.98. The number of likely N-dealkylation sites (tertiary alicyclic amines) is 1. The highest BCUT2D eigenvalue weighted by Crippen LogP contribution is 2.19. The first-order chi connectivity index (χ1) is 11.5. The Balaban J connectivity index is 1.92. The van der Waals surface area contributed by atoms with Crippen molar-refractivity contribution in [1.82, 2.24) is 4.90 Å². The molecule has 24 heavy (non-hydrogen) atoms. The maximum absolute atomic E-state index is 12.3. The summed E-state index contributed by atoms with van der Waals surface area (Å²) in [5.74, 6) is -0.931. The molecular formula is C18H24N2O4. The van der Waals surface area contributed by atoms with Gasteiger partial charge in [-0.15, -0.1) is 0 Å². The van der Waals surface area contributed by atoms with Crippen LogP contribution in [0.25, 0.3) is 0 Å². The highest BCUT2D eigenvalue weighted by molar-refractivity contribution is 5.94. The minimum atomic E-state index is -0.569. The Morgan fingerprint density at radius 2 is 2.08 bits per heavy atom. The SMILES string of the molecule is CCC1CCCCN1C(=O)COC(=O)c1cccc(NC(C)=O)c1. The van der Waals surface area contributed by atoms with Crippen molar-refractivity contribution in [2.45, 2.75) is 45.6 Å². The Morgan fingerprint density at radius 1 is 1.29 bits per heavy atom. The van der Waals surface area contributed by atoms with Crippen molar-refractivity contribution < 1.29 is 19.1 Å². The summed E-state index contributed by atoms with van der Waals surface area (Å²) < 4.78 is 5.15. The van der Waals surface area contributed by atoms with Crippen molar-refractivity contribution in [3.8, 4) is 0 Å². The molecule has 1 atom stereocenters. The third-order valence-corrected chi connectivity index (χ3v) is 4.16. The molecule has 130 valence electrons. The van der Waals surface area contributed by atoms with E-state index in [-0.39, 0.29) is 24.5 Å². The molecule has 1 heterocycles. The van der Waals surface area contributed by atoms with Crippen LogP contribution in [-0.4, -0.2) is 41.9 Å². The largest absolute Gasteiger partial charge is 0.452 e. The Morgan fingerprint density at radius 3 is 2.79 bits per heavy atom. The average Bonchev–Trinajstić information content (AvgIpc) is 2.59. The number of carbonyl (C=O) groups excluding carboxylic acids is 3. The van der Waals surface area contributed by atoms with E-state index < -0.39 is 5.97 Å². The van der Waals surface area contributed by atoms with Crippen molar-refractivity contribution in [2.75, 3.05) is 18.5 Å². The lowest BCUT2D eigenvalue weighted by Crippen LogP contribution is -2.45. The fourth-order valence-electron chi connectivity index (χ4n) is 2.97. The Kier molecular flexibility index (Phi) is 6.35. The monoisotopic (exact) mass is 332 g/mol. The molecule has 0 aromatic heterocycles. The maximum Gasteiger partial charge on any atom is 0.338 e. The smallest absolute Gasteiger partial charge is 0.338 e. The van der Waals surface area contributed by atoms with Crippen molar-refractivity contribution in [3.05, 3.63) is 29.8 Å². The van der Waals surface area contributed by atoms with Crippen molar-refractivity contribution >= 4 is 23.5 Å². The zero-order chi connectivity index (χ0) is 17.5. The van der Waals surface area contributed by atoms with Crippen LogP contribution in [0.4, 0.5) is 5.69 Å². The average molecular weight is 332 g/mol. The Labute approximate surface area is 142 Å². The van der Waals surface area contributed by atoms with Gasteiger partial charge < -0.3 is 15.0 Å². The van der Waals surface area contributed by atoms with Crippen LogP contribution < -0.4 is 5.32 Å². The summed E-state index contributed by atoms with van der Waals surface area (Å²) in [6, 6.07) is 6.70. The minimum Gasteiger partial charge on any atom is -0.452 e. The number of hydrogen-bond acceptors (Lipinski definition) is 4. The molecule has 1 saturated heterocycles. The van der Waals surface area contributed by atoms with Gasteiger partial charge in [-0.1, -0.05) is 13.0 Å². The maximum atomic E-state index is 12.3. The van der Waals surface area contributed by atoms with Gasteiger partial charge in [0.15, 0.2) is 6.61 Å². The van der Waals surface area contributed by atoms with Gasteiger partial charge in [0, 0.05) is 25.2 Å². The molecule has 1 N–H and O–H groups in total. The molecular weight excluding hydrogens is 308 g/mol. The van der Waals surface area contributed by atoms with E-state index in [0.717, 1.165) is 32.2 Å². The summed E-state index contributed by atoms with van der Waals surface area (Å²) in [6.45, 7) is 3.94. The number of nitrogens with one attached hydrogen (secondary N) is 1. The predicted octanol–water partition coefficient (Wildman–Crippen LogP) is 2.59. The third-order valence-electron chi connectivity index (χ3n) is 4.16. The van der Waals surface area contributed by atoms with Gasteiger partial charge in [0.25, 0.3) is 5.91 Å². The number of nitrogens with zero attached hydrogens (tertiary/aromatic N) is 1. The van der Waals surface area contributed by atoms with E-state index in [1.165, 1.54) is 13.0 Å². The van der Waals surface area contributed by atoms with Gasteiger partial charge in [-0.25, -0.2) is 4.79 Å². The van der Waals surface area contributed by atoms with E-state index in [2.05, 4.69) is 12.2 Å². The van der Waals surface area contributed by atoms with E-state index in [1.54, 1.807) is 18.2 Å². The molecule has 0 bridgehead atoms. The third kappa shape index (κ3) is 4.81. The van der Waals surface area contributed by atoms with Crippen LogP contribution in [0.3, 0.4) is 0 Å². The molecule has 0 spiro atoms. The lowest BCUT2D eigenvalue weighted by molar-refractivity contribution is -0.138. The van der Waals surface area contributed by atoms with Gasteiger partial charge in [0.2, 0.25) is 5.91 Å². The van der Waals surface area contributed by atoms with Gasteiger partial charge in [0.1, 0.15) is 0 Å². The van der Waals surface area contributed by atoms with Crippen LogP contribution in [0.5, 0.6) is 0 Å². The molecule has 1 unspecified atom stereocenters. The molecule has 0 aliphatic carbocycles. The quantitative estimate of drug-likeness (QED) is 0.841. The molecule has 1 aromatic rings. The second-order valence-corrected chi connectivity index (χ2v) is 5.98. The molecule has 1 fully saturated rings. The summed E-state index contributed by atoms with van der Waals surface area (Å²) in [4.78, 5) is 37.3. The van der Waals surface area contributed by atoms with Crippen molar-refractivity contribution in [1.29, 1.82) is 0 Å². The Hall–Kier alpha value is -2.37. The number of piperidine rings is 1. The standard InChI is InChI=1S/C18H24N2O4/c1-3-16-9-4-5-10-20(16)17(22)12-24-18(23)14-7-6-8-15(11-14)19-13(2)21/h6-8,11,16H,3-5,9-10,12H2,1-2H3,(H,19,21). The molecule has 1 aliphatic rings. The minimum absolute atomic E-state index is 0.145. The predicted molar refractivity (Wildman–Crippen MR) is 90.7 cm³/mol. The van der Waals surface area contributed by atoms with Crippen molar-refractivity contribution in [2.24, 2.45) is 0 Å². The lowest BCUT2D eigenvalue weighted by atomic mass is 10.00. The first kappa shape index (κ1) is 18.0. The molecule has 0 radical (unpaired) electrons. The summed E-state index contributed by atoms with van der Waals surface area (Å²) in [6.07, 6.45) is 4.06. The normalized spacial score (nSPS) is 17.2. The lowest BCUT2D eigenvalue weighted by Gasteiger charge is -2.35. The molecule has 0 saturated carbocycles. The highest BCUT2D eigenvalue weighted by atomic mass is 16.5. The number of ether oxygens (including phenoxy) is 1. The molecule has 2 amide bonds. The van der Waals surface area contributed by atoms with E-state index in [1.807, 2.05) is 4.90 Å². The Bertz CT molecular complexity index is 615. The first-order valence-corrected chi connectivity index (χ1v) is 8.35. The van der Waals surface area contributed by atoms with E-state index in [0.29, 0.717) is 11.3 Å². The number of anilines is 1. The molecule has 6 nitrogen and oxygen atoms in total. The van der Waals surface area contributed by atoms with E-state index in [4.69, 9.17) is 4.74 Å². The van der Waals surface area contributed by atoms with Gasteiger partial charge in [-0.2, -0.15) is 0 Å². The van der Waals surface area contributed by atoms with Gasteiger partial charge >= 0.3 is 5.97 Å². The fourth-order valence-corrected chi connectivity index (χ4v) is 2.97. The van der Waals surface area contributed by atoms with Gasteiger partial charge in [-0.3, -0.25) is 9.59 Å². The molecule has 1 aromatic carbocycles. The number of rotatable bonds is 5. The first-order valence-electron chi connectivity index (χ1n) is 8.35. The number of carbonyl (C=O) groups is 3. The zero-order valence-corrected chi connectivity index (χ0v) is 14.2. The number of esters is 1. The van der Waals surface area contributed by atoms with Crippen LogP contribution in [0.2, 0.25) is 0 Å². The topological polar surface area (TPSA) is 75.7 Å². The molecule has 2 rings (SSSR count). The van der Waals surface area contributed by atoms with Crippen molar-refractivity contribution in [3.63, 3.8) is 0 Å². The zero-order valence-electron chi connectivity index (χ0n) is 14.2. The van der Waals surface area contributed by atoms with Crippen LogP contribution in [-0.2, 0) is 14.3 Å². The number of hydrogen-bond donors (Lipinski definition) is 1. The van der Waals surface area contributed by atoms with Crippen LogP contribution in [0.15, 0.2) is 24.3 Å². The van der Waals surface area contributed by atoms with E-state index in [9.17, 15) is 14.4 Å². The molecule has 1 aliphatic heterocycles. The number of benzene rings is 1. The fraction of sp³-hybridized carbons (Fsp3) is 0.500. The van der Waals surface area contributed by atoms with Crippen LogP contribution >= 0.6 is 0 Å². The van der Waals surface area contributed by atoms with Crippen LogP contribution in [0.1, 0.15) is 49.9 Å². The number of amides is 2. The summed E-state index contributed by atoms with van der Waals surface area (Å²) >= 11 is 0. The second kappa shape index (κ2) is 8.47. The molecule has 6 heteroatoms. The van der Waals surface area contributed by atoms with Gasteiger partial charge in [-0.05, 0) is 43.9 Å². The summed E-state index contributed by atoms with van der Waals surface area (Å²) in [5.41, 5.74) is 0.824. The highest BCUT2D eigenvalue weighted by Gasteiger charge is 2.26. The summed E-state index contributed by atoms with van der Waals surface area (Å²) in [7, 11) is 0. The van der Waals surface area contributed by atoms with Gasteiger partial charge in [0.05, 0.1) is 5.56 Å². The van der Waals surface area contributed by atoms with Crippen LogP contribution in [0, 0.1) is 0 Å².